The summed E-state index contributed by atoms with van der Waals surface area (Å²) in [6.45, 7) is 10.5. The van der Waals surface area contributed by atoms with Gasteiger partial charge in [-0.2, -0.15) is 0 Å². The Morgan fingerprint density at radius 1 is 1.42 bits per heavy atom. The molecule has 0 aromatic carbocycles. The largest absolute Gasteiger partial charge is 0.465 e. The van der Waals surface area contributed by atoms with Crippen molar-refractivity contribution in [2.24, 2.45) is 11.3 Å². The van der Waals surface area contributed by atoms with E-state index in [0.717, 1.165) is 6.42 Å². The maximum Gasteiger partial charge on any atom is 0.308 e. The van der Waals surface area contributed by atoms with Crippen LogP contribution in [-0.2, 0) is 9.53 Å². The Hall–Kier alpha value is -0.530. The first-order valence-corrected chi connectivity index (χ1v) is 4.55. The number of carbonyl (C=O) groups is 1. The highest BCUT2D eigenvalue weighted by Crippen LogP contribution is 2.20. The summed E-state index contributed by atoms with van der Waals surface area (Å²) in [4.78, 5) is 11.1. The van der Waals surface area contributed by atoms with E-state index in [4.69, 9.17) is 4.74 Å². The zero-order valence-electron chi connectivity index (χ0n) is 8.81. The minimum atomic E-state index is -0.100. The van der Waals surface area contributed by atoms with Crippen molar-refractivity contribution in [2.45, 2.75) is 41.0 Å². The van der Waals surface area contributed by atoms with E-state index in [1.165, 1.54) is 0 Å². The van der Waals surface area contributed by atoms with Gasteiger partial charge in [0.1, 0.15) is 0 Å². The summed E-state index contributed by atoms with van der Waals surface area (Å²) >= 11 is 0. The molecule has 0 atom stereocenters. The molecule has 0 heterocycles. The molecule has 0 aliphatic heterocycles. The van der Waals surface area contributed by atoms with Gasteiger partial charge in [0, 0.05) is 0 Å². The molecular formula is C10H20O2. The molecule has 2 nitrogen and oxygen atoms in total. The molecule has 0 unspecified atom stereocenters. The van der Waals surface area contributed by atoms with E-state index in [2.05, 4.69) is 20.8 Å². The Bertz CT molecular complexity index is 148. The van der Waals surface area contributed by atoms with Gasteiger partial charge in [-0.1, -0.05) is 34.6 Å². The second kappa shape index (κ2) is 4.48. The van der Waals surface area contributed by atoms with E-state index < -0.39 is 0 Å². The Labute approximate surface area is 75.3 Å². The van der Waals surface area contributed by atoms with Crippen LogP contribution in [0.3, 0.4) is 0 Å². The molecule has 0 aromatic rings. The van der Waals surface area contributed by atoms with Crippen molar-refractivity contribution in [3.63, 3.8) is 0 Å². The van der Waals surface area contributed by atoms with E-state index in [-0.39, 0.29) is 17.3 Å². The molecule has 0 radical (unpaired) electrons. The summed E-state index contributed by atoms with van der Waals surface area (Å²) in [7, 11) is 0. The predicted octanol–water partition coefficient (Wildman–Crippen LogP) is 2.62. The topological polar surface area (TPSA) is 26.3 Å². The molecule has 0 amide bonds. The zero-order chi connectivity index (χ0) is 9.78. The van der Waals surface area contributed by atoms with E-state index in [1.54, 1.807) is 0 Å². The predicted molar refractivity (Wildman–Crippen MR) is 49.9 cm³/mol. The lowest BCUT2D eigenvalue weighted by atomic mass is 9.92. The fraction of sp³-hybridized carbons (Fsp3) is 0.900. The van der Waals surface area contributed by atoms with Gasteiger partial charge in [-0.3, -0.25) is 4.79 Å². The average molecular weight is 172 g/mol. The molecule has 0 aliphatic rings. The lowest BCUT2D eigenvalue weighted by Gasteiger charge is -2.22. The first-order valence-electron chi connectivity index (χ1n) is 4.55. The molecule has 0 saturated carbocycles. The number of rotatable bonds is 4. The number of esters is 1. The Kier molecular flexibility index (Phi) is 4.29. The van der Waals surface area contributed by atoms with Crippen LogP contribution in [0.5, 0.6) is 0 Å². The summed E-state index contributed by atoms with van der Waals surface area (Å²) in [6, 6.07) is 0. The second-order valence-electron chi connectivity index (χ2n) is 4.28. The number of hydrogen-bond acceptors (Lipinski definition) is 2. The van der Waals surface area contributed by atoms with E-state index in [1.807, 2.05) is 13.8 Å². The zero-order valence-corrected chi connectivity index (χ0v) is 8.81. The van der Waals surface area contributed by atoms with Crippen LogP contribution in [0.25, 0.3) is 0 Å². The van der Waals surface area contributed by atoms with Crippen LogP contribution in [0.15, 0.2) is 0 Å². The Morgan fingerprint density at radius 3 is 2.25 bits per heavy atom. The first-order chi connectivity index (χ1) is 5.39. The van der Waals surface area contributed by atoms with Gasteiger partial charge in [0.15, 0.2) is 0 Å². The Morgan fingerprint density at radius 2 is 1.92 bits per heavy atom. The maximum atomic E-state index is 11.1. The highest BCUT2D eigenvalue weighted by molar-refractivity contribution is 5.71. The SMILES string of the molecule is CCC(C)(C)COC(=O)C(C)C. The first kappa shape index (κ1) is 11.5. The Balaban J connectivity index is 3.76. The third-order valence-electron chi connectivity index (χ3n) is 2.03. The number of ether oxygens (including phenoxy) is 1. The van der Waals surface area contributed by atoms with Crippen LogP contribution in [0, 0.1) is 11.3 Å². The summed E-state index contributed by atoms with van der Waals surface area (Å²) in [5.74, 6) is -0.116. The molecule has 0 saturated heterocycles. The maximum absolute atomic E-state index is 11.1. The molecule has 0 N–H and O–H groups in total. The monoisotopic (exact) mass is 172 g/mol. The third kappa shape index (κ3) is 4.37. The molecular weight excluding hydrogens is 152 g/mol. The second-order valence-corrected chi connectivity index (χ2v) is 4.28. The van der Waals surface area contributed by atoms with Gasteiger partial charge in [-0.25, -0.2) is 0 Å². The van der Waals surface area contributed by atoms with Crippen molar-refractivity contribution in [2.75, 3.05) is 6.61 Å². The van der Waals surface area contributed by atoms with Crippen LogP contribution in [0.1, 0.15) is 41.0 Å². The highest BCUT2D eigenvalue weighted by atomic mass is 16.5. The molecule has 0 rings (SSSR count). The quantitative estimate of drug-likeness (QED) is 0.609. The van der Waals surface area contributed by atoms with E-state index in [9.17, 15) is 4.79 Å². The van der Waals surface area contributed by atoms with Crippen molar-refractivity contribution in [3.05, 3.63) is 0 Å². The molecule has 12 heavy (non-hydrogen) atoms. The fourth-order valence-corrected chi connectivity index (χ4v) is 0.535. The van der Waals surface area contributed by atoms with Crippen molar-refractivity contribution in [3.8, 4) is 0 Å². The van der Waals surface area contributed by atoms with Crippen LogP contribution >= 0.6 is 0 Å². The van der Waals surface area contributed by atoms with Crippen LogP contribution < -0.4 is 0 Å². The van der Waals surface area contributed by atoms with Crippen LogP contribution in [0.2, 0.25) is 0 Å². The fourth-order valence-electron chi connectivity index (χ4n) is 0.535. The molecule has 2 heteroatoms. The normalized spacial score (nSPS) is 11.8. The lowest BCUT2D eigenvalue weighted by molar-refractivity contribution is -0.150. The summed E-state index contributed by atoms with van der Waals surface area (Å²) < 4.78 is 5.12. The summed E-state index contributed by atoms with van der Waals surface area (Å²) in [6.07, 6.45) is 1.03. The molecule has 0 fully saturated rings. The lowest BCUT2D eigenvalue weighted by Crippen LogP contribution is -2.23. The molecule has 0 aliphatic carbocycles. The van der Waals surface area contributed by atoms with Gasteiger partial charge >= 0.3 is 5.97 Å². The average Bonchev–Trinajstić information content (AvgIpc) is 2.00. The smallest absolute Gasteiger partial charge is 0.308 e. The molecule has 0 bridgehead atoms. The standard InChI is InChI=1S/C10H20O2/c1-6-10(4,5)7-12-9(11)8(2)3/h8H,6-7H2,1-5H3. The minimum absolute atomic E-state index is 0.0161. The van der Waals surface area contributed by atoms with Gasteiger partial charge < -0.3 is 4.74 Å². The minimum Gasteiger partial charge on any atom is -0.465 e. The summed E-state index contributed by atoms with van der Waals surface area (Å²) in [5, 5.41) is 0. The molecule has 0 spiro atoms. The van der Waals surface area contributed by atoms with Gasteiger partial charge in [0.2, 0.25) is 0 Å². The van der Waals surface area contributed by atoms with Crippen LogP contribution in [0.4, 0.5) is 0 Å². The van der Waals surface area contributed by atoms with Gasteiger partial charge in [0.05, 0.1) is 12.5 Å². The summed E-state index contributed by atoms with van der Waals surface area (Å²) in [5.41, 5.74) is 0.116. The third-order valence-corrected chi connectivity index (χ3v) is 2.03. The van der Waals surface area contributed by atoms with Crippen molar-refractivity contribution in [1.82, 2.24) is 0 Å². The van der Waals surface area contributed by atoms with Gasteiger partial charge in [0.25, 0.3) is 0 Å². The molecule has 72 valence electrons. The van der Waals surface area contributed by atoms with Gasteiger partial charge in [-0.15, -0.1) is 0 Å². The molecule has 0 aromatic heterocycles. The van der Waals surface area contributed by atoms with Crippen LogP contribution in [-0.4, -0.2) is 12.6 Å². The van der Waals surface area contributed by atoms with E-state index in [0.29, 0.717) is 6.61 Å². The number of hydrogen-bond donors (Lipinski definition) is 0. The van der Waals surface area contributed by atoms with Crippen molar-refractivity contribution >= 4 is 5.97 Å². The highest BCUT2D eigenvalue weighted by Gasteiger charge is 2.18. The van der Waals surface area contributed by atoms with E-state index >= 15 is 0 Å². The number of carbonyl (C=O) groups excluding carboxylic acids is 1. The van der Waals surface area contributed by atoms with Crippen molar-refractivity contribution in [1.29, 1.82) is 0 Å². The van der Waals surface area contributed by atoms with Crippen molar-refractivity contribution < 1.29 is 9.53 Å². The van der Waals surface area contributed by atoms with Gasteiger partial charge in [-0.05, 0) is 11.8 Å².